The molecular formula is C16H26O3. The van der Waals surface area contributed by atoms with Crippen LogP contribution in [0.25, 0.3) is 0 Å². The maximum absolute atomic E-state index is 10.1. The first-order chi connectivity index (χ1) is 9.15. The second-order valence-corrected chi connectivity index (χ2v) is 4.92. The summed E-state index contributed by atoms with van der Waals surface area (Å²) in [6.07, 6.45) is 1.67. The SMILES string of the molecule is CCCCOCCOCC(O)c1ccc(C)cc1C. The molecule has 0 saturated carbocycles. The Labute approximate surface area is 116 Å². The van der Waals surface area contributed by atoms with Crippen LogP contribution in [0.3, 0.4) is 0 Å². The van der Waals surface area contributed by atoms with Crippen LogP contribution < -0.4 is 0 Å². The van der Waals surface area contributed by atoms with E-state index in [2.05, 4.69) is 13.0 Å². The minimum absolute atomic E-state index is 0.320. The smallest absolute Gasteiger partial charge is 0.103 e. The Morgan fingerprint density at radius 2 is 1.84 bits per heavy atom. The highest BCUT2D eigenvalue weighted by Crippen LogP contribution is 2.19. The van der Waals surface area contributed by atoms with Gasteiger partial charge in [0.2, 0.25) is 0 Å². The fourth-order valence-electron chi connectivity index (χ4n) is 1.95. The van der Waals surface area contributed by atoms with Crippen molar-refractivity contribution in [1.82, 2.24) is 0 Å². The number of ether oxygens (including phenoxy) is 2. The Kier molecular flexibility index (Phi) is 7.72. The second kappa shape index (κ2) is 9.08. The summed E-state index contributed by atoms with van der Waals surface area (Å²) < 4.78 is 10.8. The Hall–Kier alpha value is -0.900. The Morgan fingerprint density at radius 3 is 2.53 bits per heavy atom. The van der Waals surface area contributed by atoms with Gasteiger partial charge in [-0.1, -0.05) is 37.1 Å². The van der Waals surface area contributed by atoms with Crippen LogP contribution in [0.15, 0.2) is 18.2 Å². The number of hydrogen-bond acceptors (Lipinski definition) is 3. The van der Waals surface area contributed by atoms with Crippen LogP contribution in [0.2, 0.25) is 0 Å². The molecule has 0 radical (unpaired) electrons. The van der Waals surface area contributed by atoms with Crippen molar-refractivity contribution >= 4 is 0 Å². The molecule has 1 aromatic rings. The van der Waals surface area contributed by atoms with Gasteiger partial charge >= 0.3 is 0 Å². The molecule has 0 aromatic heterocycles. The van der Waals surface area contributed by atoms with E-state index in [0.717, 1.165) is 30.6 Å². The highest BCUT2D eigenvalue weighted by molar-refractivity contribution is 5.31. The molecule has 19 heavy (non-hydrogen) atoms. The number of unbranched alkanes of at least 4 members (excludes halogenated alkanes) is 1. The molecule has 1 atom stereocenters. The number of hydrogen-bond donors (Lipinski definition) is 1. The molecule has 0 spiro atoms. The molecule has 0 aliphatic heterocycles. The Morgan fingerprint density at radius 1 is 1.11 bits per heavy atom. The van der Waals surface area contributed by atoms with Crippen LogP contribution >= 0.6 is 0 Å². The Balaban J connectivity index is 2.22. The molecule has 0 aliphatic rings. The minimum atomic E-state index is -0.559. The molecule has 3 nitrogen and oxygen atoms in total. The first-order valence-corrected chi connectivity index (χ1v) is 7.05. The summed E-state index contributed by atoms with van der Waals surface area (Å²) in [5.74, 6) is 0. The van der Waals surface area contributed by atoms with Crippen LogP contribution in [-0.4, -0.2) is 31.5 Å². The van der Waals surface area contributed by atoms with Gasteiger partial charge in [-0.3, -0.25) is 0 Å². The van der Waals surface area contributed by atoms with Gasteiger partial charge in [-0.15, -0.1) is 0 Å². The maximum Gasteiger partial charge on any atom is 0.103 e. The molecule has 1 unspecified atom stereocenters. The summed E-state index contributed by atoms with van der Waals surface area (Å²) in [6.45, 7) is 8.44. The summed E-state index contributed by atoms with van der Waals surface area (Å²) in [6, 6.07) is 6.06. The third-order valence-corrected chi connectivity index (χ3v) is 3.07. The summed E-state index contributed by atoms with van der Waals surface area (Å²) in [7, 11) is 0. The van der Waals surface area contributed by atoms with Crippen molar-refractivity contribution in [3.05, 3.63) is 34.9 Å². The molecule has 0 bridgehead atoms. The first-order valence-electron chi connectivity index (χ1n) is 7.05. The predicted octanol–water partition coefficient (Wildman–Crippen LogP) is 3.17. The minimum Gasteiger partial charge on any atom is -0.386 e. The molecule has 0 fully saturated rings. The summed E-state index contributed by atoms with van der Waals surface area (Å²) in [4.78, 5) is 0. The molecule has 0 aliphatic carbocycles. The van der Waals surface area contributed by atoms with Crippen molar-refractivity contribution in [2.45, 2.75) is 39.7 Å². The van der Waals surface area contributed by atoms with Crippen LogP contribution in [0.5, 0.6) is 0 Å². The highest BCUT2D eigenvalue weighted by Gasteiger charge is 2.10. The quantitative estimate of drug-likeness (QED) is 0.698. The molecule has 1 aromatic carbocycles. The lowest BCUT2D eigenvalue weighted by molar-refractivity contribution is 0.00257. The number of benzene rings is 1. The normalized spacial score (nSPS) is 12.6. The third-order valence-electron chi connectivity index (χ3n) is 3.07. The average Bonchev–Trinajstić information content (AvgIpc) is 2.37. The van der Waals surface area contributed by atoms with E-state index in [-0.39, 0.29) is 0 Å². The maximum atomic E-state index is 10.1. The van der Waals surface area contributed by atoms with Crippen LogP contribution in [0.1, 0.15) is 42.6 Å². The van der Waals surface area contributed by atoms with Gasteiger partial charge in [0, 0.05) is 6.61 Å². The van der Waals surface area contributed by atoms with E-state index in [9.17, 15) is 5.11 Å². The van der Waals surface area contributed by atoms with Crippen LogP contribution in [0, 0.1) is 13.8 Å². The van der Waals surface area contributed by atoms with Crippen molar-refractivity contribution < 1.29 is 14.6 Å². The van der Waals surface area contributed by atoms with Crippen LogP contribution in [-0.2, 0) is 9.47 Å². The van der Waals surface area contributed by atoms with Crippen LogP contribution in [0.4, 0.5) is 0 Å². The average molecular weight is 266 g/mol. The number of aliphatic hydroxyl groups excluding tert-OH is 1. The molecule has 108 valence electrons. The van der Waals surface area contributed by atoms with Gasteiger partial charge in [-0.05, 0) is 31.4 Å². The molecule has 3 heteroatoms. The van der Waals surface area contributed by atoms with E-state index in [4.69, 9.17) is 9.47 Å². The number of rotatable bonds is 9. The molecule has 1 rings (SSSR count). The van der Waals surface area contributed by atoms with E-state index >= 15 is 0 Å². The van der Waals surface area contributed by atoms with Crippen molar-refractivity contribution in [1.29, 1.82) is 0 Å². The van der Waals surface area contributed by atoms with Crippen molar-refractivity contribution in [3.63, 3.8) is 0 Å². The van der Waals surface area contributed by atoms with E-state index in [1.54, 1.807) is 0 Å². The number of aryl methyl sites for hydroxylation is 2. The van der Waals surface area contributed by atoms with Gasteiger partial charge in [0.25, 0.3) is 0 Å². The summed E-state index contributed by atoms with van der Waals surface area (Å²) in [5, 5.41) is 10.1. The first kappa shape index (κ1) is 16.2. The molecular weight excluding hydrogens is 240 g/mol. The third kappa shape index (κ3) is 6.19. The molecule has 0 heterocycles. The fraction of sp³-hybridized carbons (Fsp3) is 0.625. The van der Waals surface area contributed by atoms with E-state index in [1.807, 2.05) is 26.0 Å². The van der Waals surface area contributed by atoms with Gasteiger partial charge in [-0.2, -0.15) is 0 Å². The van der Waals surface area contributed by atoms with Crippen molar-refractivity contribution in [2.24, 2.45) is 0 Å². The second-order valence-electron chi connectivity index (χ2n) is 4.92. The molecule has 0 amide bonds. The highest BCUT2D eigenvalue weighted by atomic mass is 16.5. The van der Waals surface area contributed by atoms with Crippen molar-refractivity contribution in [3.8, 4) is 0 Å². The largest absolute Gasteiger partial charge is 0.386 e. The van der Waals surface area contributed by atoms with E-state index in [1.165, 1.54) is 5.56 Å². The fourth-order valence-corrected chi connectivity index (χ4v) is 1.95. The summed E-state index contributed by atoms with van der Waals surface area (Å²) in [5.41, 5.74) is 3.26. The lowest BCUT2D eigenvalue weighted by Gasteiger charge is -2.14. The standard InChI is InChI=1S/C16H26O3/c1-4-5-8-18-9-10-19-12-16(17)15-7-6-13(2)11-14(15)3/h6-7,11,16-17H,4-5,8-10,12H2,1-3H3. The monoisotopic (exact) mass is 266 g/mol. The zero-order chi connectivity index (χ0) is 14.1. The number of aliphatic hydroxyl groups is 1. The van der Waals surface area contributed by atoms with Gasteiger partial charge in [-0.25, -0.2) is 0 Å². The molecule has 1 N–H and O–H groups in total. The lowest BCUT2D eigenvalue weighted by atomic mass is 10.0. The van der Waals surface area contributed by atoms with Gasteiger partial charge in [0.15, 0.2) is 0 Å². The van der Waals surface area contributed by atoms with Crippen molar-refractivity contribution in [2.75, 3.05) is 26.4 Å². The summed E-state index contributed by atoms with van der Waals surface area (Å²) >= 11 is 0. The molecule has 0 saturated heterocycles. The van der Waals surface area contributed by atoms with E-state index < -0.39 is 6.10 Å². The zero-order valence-electron chi connectivity index (χ0n) is 12.3. The zero-order valence-corrected chi connectivity index (χ0v) is 12.3. The van der Waals surface area contributed by atoms with Gasteiger partial charge in [0.1, 0.15) is 6.10 Å². The van der Waals surface area contributed by atoms with Gasteiger partial charge in [0.05, 0.1) is 19.8 Å². The topological polar surface area (TPSA) is 38.7 Å². The predicted molar refractivity (Wildman–Crippen MR) is 77.4 cm³/mol. The van der Waals surface area contributed by atoms with E-state index in [0.29, 0.717) is 19.8 Å². The lowest BCUT2D eigenvalue weighted by Crippen LogP contribution is -2.12. The van der Waals surface area contributed by atoms with Gasteiger partial charge < -0.3 is 14.6 Å². The Bertz CT molecular complexity index is 363.